The molecule has 0 atom stereocenters. The number of nitrogens with zero attached hydrogens (tertiary/aromatic N) is 2. The maximum atomic E-state index is 11.2. The van der Waals surface area contributed by atoms with Crippen LogP contribution in [0.15, 0.2) is 17.2 Å². The van der Waals surface area contributed by atoms with Gasteiger partial charge in [0.05, 0.1) is 0 Å². The fourth-order valence-corrected chi connectivity index (χ4v) is 0.992. The molecule has 0 aliphatic carbocycles. The molecule has 13 heavy (non-hydrogen) atoms. The first-order valence-corrected chi connectivity index (χ1v) is 3.98. The van der Waals surface area contributed by atoms with Gasteiger partial charge in [-0.15, -0.1) is 0 Å². The minimum Gasteiger partial charge on any atom is -0.370 e. The van der Waals surface area contributed by atoms with Crippen molar-refractivity contribution in [2.24, 2.45) is 5.73 Å². The number of rotatable bonds is 3. The van der Waals surface area contributed by atoms with E-state index in [-0.39, 0.29) is 18.1 Å². The molecule has 0 fully saturated rings. The average Bonchev–Trinajstić information content (AvgIpc) is 2.07. The van der Waals surface area contributed by atoms with Crippen LogP contribution in [-0.4, -0.2) is 15.5 Å². The fraction of sp³-hybridized carbons (Fsp3) is 0.286. The quantitative estimate of drug-likeness (QED) is 0.734. The van der Waals surface area contributed by atoms with Crippen molar-refractivity contribution in [1.29, 1.82) is 0 Å². The summed E-state index contributed by atoms with van der Waals surface area (Å²) in [5.41, 5.74) is 4.51. The molecule has 0 aromatic carbocycles. The molecule has 0 saturated carbocycles. The van der Waals surface area contributed by atoms with Crippen LogP contribution in [0.25, 0.3) is 0 Å². The van der Waals surface area contributed by atoms with E-state index in [1.54, 1.807) is 0 Å². The Hall–Kier alpha value is -1.36. The largest absolute Gasteiger partial charge is 0.370 e. The van der Waals surface area contributed by atoms with Gasteiger partial charge in [0, 0.05) is 25.4 Å². The Labute approximate surface area is 79.1 Å². The predicted molar refractivity (Wildman–Crippen MR) is 47.3 cm³/mol. The Morgan fingerprint density at radius 3 is 3.00 bits per heavy atom. The number of aryl methyl sites for hydroxylation is 1. The average molecular weight is 202 g/mol. The molecule has 0 radical (unpaired) electrons. The number of aromatic nitrogens is 2. The summed E-state index contributed by atoms with van der Waals surface area (Å²) in [5.74, 6) is -0.458. The van der Waals surface area contributed by atoms with Gasteiger partial charge >= 0.3 is 0 Å². The van der Waals surface area contributed by atoms with E-state index in [0.29, 0.717) is 0 Å². The molecular weight excluding hydrogens is 194 g/mol. The zero-order chi connectivity index (χ0) is 9.84. The van der Waals surface area contributed by atoms with Crippen molar-refractivity contribution in [2.75, 3.05) is 0 Å². The summed E-state index contributed by atoms with van der Waals surface area (Å²) in [7, 11) is 0. The number of hydrogen-bond acceptors (Lipinski definition) is 3. The summed E-state index contributed by atoms with van der Waals surface area (Å²) in [5, 5.41) is -0.105. The Kier molecular flexibility index (Phi) is 3.02. The first-order valence-electron chi connectivity index (χ1n) is 3.60. The topological polar surface area (TPSA) is 78.0 Å². The van der Waals surface area contributed by atoms with Gasteiger partial charge in [0.25, 0.3) is 5.56 Å². The van der Waals surface area contributed by atoms with E-state index in [0.717, 1.165) is 0 Å². The monoisotopic (exact) mass is 201 g/mol. The van der Waals surface area contributed by atoms with E-state index in [1.807, 2.05) is 0 Å². The van der Waals surface area contributed by atoms with Crippen molar-refractivity contribution >= 4 is 17.5 Å². The minimum atomic E-state index is -0.458. The van der Waals surface area contributed by atoms with Gasteiger partial charge in [-0.2, -0.15) is 0 Å². The molecule has 5 nitrogen and oxygen atoms in total. The van der Waals surface area contributed by atoms with E-state index in [2.05, 4.69) is 4.98 Å². The molecule has 6 heteroatoms. The Balaban J connectivity index is 2.84. The van der Waals surface area contributed by atoms with E-state index in [4.69, 9.17) is 17.3 Å². The van der Waals surface area contributed by atoms with Gasteiger partial charge in [-0.1, -0.05) is 11.6 Å². The normalized spacial score (nSPS) is 9.92. The van der Waals surface area contributed by atoms with Crippen LogP contribution in [0.3, 0.4) is 0 Å². The molecule has 0 bridgehead atoms. The third-order valence-electron chi connectivity index (χ3n) is 1.47. The van der Waals surface area contributed by atoms with E-state index < -0.39 is 11.5 Å². The van der Waals surface area contributed by atoms with Crippen LogP contribution in [0.4, 0.5) is 0 Å². The molecule has 2 N–H and O–H groups in total. The van der Waals surface area contributed by atoms with Crippen molar-refractivity contribution in [3.63, 3.8) is 0 Å². The Morgan fingerprint density at radius 2 is 2.38 bits per heavy atom. The van der Waals surface area contributed by atoms with E-state index >= 15 is 0 Å². The number of carbonyl (C=O) groups is 1. The van der Waals surface area contributed by atoms with Crippen LogP contribution < -0.4 is 11.3 Å². The first-order chi connectivity index (χ1) is 6.11. The summed E-state index contributed by atoms with van der Waals surface area (Å²) in [4.78, 5) is 25.2. The van der Waals surface area contributed by atoms with Crippen LogP contribution in [-0.2, 0) is 11.3 Å². The molecule has 0 aliphatic heterocycles. The minimum absolute atomic E-state index is 0.105. The molecule has 1 heterocycles. The second kappa shape index (κ2) is 4.04. The molecule has 0 spiro atoms. The molecule has 1 aromatic heterocycles. The zero-order valence-electron chi connectivity index (χ0n) is 6.74. The molecule has 70 valence electrons. The van der Waals surface area contributed by atoms with Crippen LogP contribution >= 0.6 is 11.6 Å². The second-order valence-corrected chi connectivity index (χ2v) is 2.79. The smallest absolute Gasteiger partial charge is 0.288 e. The maximum absolute atomic E-state index is 11.2. The van der Waals surface area contributed by atoms with Crippen molar-refractivity contribution in [3.8, 4) is 0 Å². The third kappa shape index (κ3) is 2.55. The molecule has 0 unspecified atom stereocenters. The van der Waals surface area contributed by atoms with Gasteiger partial charge in [0.15, 0.2) is 5.15 Å². The zero-order valence-corrected chi connectivity index (χ0v) is 7.49. The lowest BCUT2D eigenvalue weighted by molar-refractivity contribution is -0.118. The molecular formula is C7H8ClN3O2. The van der Waals surface area contributed by atoms with Crippen LogP contribution in [0.5, 0.6) is 0 Å². The van der Waals surface area contributed by atoms with Gasteiger partial charge in [0.1, 0.15) is 0 Å². The van der Waals surface area contributed by atoms with Crippen molar-refractivity contribution < 1.29 is 4.79 Å². The summed E-state index contributed by atoms with van der Waals surface area (Å²) >= 11 is 5.47. The van der Waals surface area contributed by atoms with E-state index in [9.17, 15) is 9.59 Å². The number of carbonyl (C=O) groups excluding carboxylic acids is 1. The standard InChI is InChI=1S/C7H8ClN3O2/c8-6-7(13)11(4-2-10-6)3-1-5(9)12/h2,4H,1,3H2,(H2,9,12). The highest BCUT2D eigenvalue weighted by molar-refractivity contribution is 6.29. The summed E-state index contributed by atoms with van der Waals surface area (Å²) in [6.07, 6.45) is 2.96. The Morgan fingerprint density at radius 1 is 1.69 bits per heavy atom. The second-order valence-electron chi connectivity index (χ2n) is 2.43. The number of halogens is 1. The highest BCUT2D eigenvalue weighted by atomic mass is 35.5. The molecule has 1 amide bonds. The van der Waals surface area contributed by atoms with Crippen molar-refractivity contribution in [3.05, 3.63) is 27.9 Å². The SMILES string of the molecule is NC(=O)CCn1ccnc(Cl)c1=O. The first kappa shape index (κ1) is 9.73. The fourth-order valence-electron chi connectivity index (χ4n) is 0.827. The van der Waals surface area contributed by atoms with Gasteiger partial charge < -0.3 is 10.3 Å². The van der Waals surface area contributed by atoms with Crippen LogP contribution in [0.2, 0.25) is 5.15 Å². The van der Waals surface area contributed by atoms with Crippen LogP contribution in [0.1, 0.15) is 6.42 Å². The highest BCUT2D eigenvalue weighted by Gasteiger charge is 2.02. The van der Waals surface area contributed by atoms with Crippen LogP contribution in [0, 0.1) is 0 Å². The molecule has 1 aromatic rings. The number of primary amides is 1. The van der Waals surface area contributed by atoms with Crippen molar-refractivity contribution in [2.45, 2.75) is 13.0 Å². The lowest BCUT2D eigenvalue weighted by atomic mass is 10.4. The van der Waals surface area contributed by atoms with Gasteiger partial charge in [-0.25, -0.2) is 4.98 Å². The number of amides is 1. The van der Waals surface area contributed by atoms with Gasteiger partial charge in [-0.3, -0.25) is 9.59 Å². The lowest BCUT2D eigenvalue weighted by Gasteiger charge is -2.02. The maximum Gasteiger partial charge on any atom is 0.288 e. The molecule has 0 aliphatic rings. The number of nitrogens with two attached hydrogens (primary N) is 1. The highest BCUT2D eigenvalue weighted by Crippen LogP contribution is 1.94. The molecule has 1 rings (SSSR count). The summed E-state index contributed by atoms with van der Waals surface area (Å²) in [6.45, 7) is 0.233. The van der Waals surface area contributed by atoms with E-state index in [1.165, 1.54) is 17.0 Å². The summed E-state index contributed by atoms with van der Waals surface area (Å²) in [6, 6.07) is 0. The van der Waals surface area contributed by atoms with Gasteiger partial charge in [-0.05, 0) is 0 Å². The third-order valence-corrected chi connectivity index (χ3v) is 1.73. The number of hydrogen-bond donors (Lipinski definition) is 1. The van der Waals surface area contributed by atoms with Crippen molar-refractivity contribution in [1.82, 2.24) is 9.55 Å². The lowest BCUT2D eigenvalue weighted by Crippen LogP contribution is -2.23. The Bertz CT molecular complexity index is 374. The van der Waals surface area contributed by atoms with Gasteiger partial charge in [0.2, 0.25) is 5.91 Å². The molecule has 0 saturated heterocycles. The summed E-state index contributed by atoms with van der Waals surface area (Å²) < 4.78 is 1.29. The predicted octanol–water partition coefficient (Wildman–Crippen LogP) is -0.228.